The molecule has 1 aliphatic rings. The molecular weight excluding hydrogens is 428 g/mol. The number of hydrogen-bond acceptors (Lipinski definition) is 3. The van der Waals surface area contributed by atoms with E-state index in [4.69, 9.17) is 9.53 Å². The van der Waals surface area contributed by atoms with Crippen molar-refractivity contribution in [3.05, 3.63) is 29.5 Å². The van der Waals surface area contributed by atoms with Gasteiger partial charge in [-0.3, -0.25) is 9.59 Å². The minimum absolute atomic E-state index is 0.00792. The van der Waals surface area contributed by atoms with Crippen LogP contribution in [0.2, 0.25) is 18.1 Å². The summed E-state index contributed by atoms with van der Waals surface area (Å²) in [5.74, 6) is -0.0353. The Hall–Kier alpha value is -1.42. The topological polar surface area (TPSA) is 63.6 Å². The maximum atomic E-state index is 12.5. The van der Waals surface area contributed by atoms with Gasteiger partial charge < -0.3 is 9.53 Å². The number of carboxylic acids is 1. The fourth-order valence-electron chi connectivity index (χ4n) is 4.13. The van der Waals surface area contributed by atoms with Gasteiger partial charge in [-0.2, -0.15) is 0 Å². The zero-order chi connectivity index (χ0) is 25.1. The van der Waals surface area contributed by atoms with Gasteiger partial charge in [-0.25, -0.2) is 0 Å². The molecule has 0 aromatic rings. The molecule has 1 N–H and O–H groups in total. The minimum Gasteiger partial charge on any atom is -0.481 e. The number of hydrogen-bond donors (Lipinski definition) is 1. The van der Waals surface area contributed by atoms with Gasteiger partial charge in [-0.05, 0) is 68.3 Å². The Kier molecular flexibility index (Phi) is 12.6. The second-order valence-electron chi connectivity index (χ2n) is 11.2. The zero-order valence-corrected chi connectivity index (χ0v) is 23.2. The molecular formula is C28H48O4Si. The third-order valence-corrected chi connectivity index (χ3v) is 11.9. The Morgan fingerprint density at radius 2 is 1.97 bits per heavy atom. The summed E-state index contributed by atoms with van der Waals surface area (Å²) in [6, 6.07) is 0. The van der Waals surface area contributed by atoms with Crippen molar-refractivity contribution in [2.24, 2.45) is 11.8 Å². The molecule has 1 unspecified atom stereocenters. The van der Waals surface area contributed by atoms with Gasteiger partial charge in [0.25, 0.3) is 0 Å². The summed E-state index contributed by atoms with van der Waals surface area (Å²) in [5, 5.41) is 8.87. The molecule has 0 spiro atoms. The van der Waals surface area contributed by atoms with Crippen LogP contribution in [0.3, 0.4) is 0 Å². The predicted molar refractivity (Wildman–Crippen MR) is 140 cm³/mol. The lowest BCUT2D eigenvalue weighted by molar-refractivity contribution is -0.136. The molecule has 1 rings (SSSR count). The normalized spacial score (nSPS) is 18.5. The summed E-state index contributed by atoms with van der Waals surface area (Å²) in [6.45, 7) is 16.1. The van der Waals surface area contributed by atoms with Crippen molar-refractivity contribution >= 4 is 20.1 Å². The molecule has 3 atom stereocenters. The minimum atomic E-state index is -1.87. The smallest absolute Gasteiger partial charge is 0.307 e. The molecule has 0 aliphatic heterocycles. The van der Waals surface area contributed by atoms with Gasteiger partial charge in [0, 0.05) is 18.4 Å². The van der Waals surface area contributed by atoms with E-state index >= 15 is 0 Å². The highest BCUT2D eigenvalue weighted by molar-refractivity contribution is 6.74. The zero-order valence-electron chi connectivity index (χ0n) is 22.2. The van der Waals surface area contributed by atoms with Crippen LogP contribution in [-0.2, 0) is 14.0 Å². The van der Waals surface area contributed by atoms with Gasteiger partial charge in [0.15, 0.2) is 8.32 Å². The van der Waals surface area contributed by atoms with E-state index in [1.807, 2.05) is 6.08 Å². The summed E-state index contributed by atoms with van der Waals surface area (Å²) >= 11 is 0. The third kappa shape index (κ3) is 10.6. The van der Waals surface area contributed by atoms with Crippen molar-refractivity contribution in [3.63, 3.8) is 0 Å². The second kappa shape index (κ2) is 14.1. The largest absolute Gasteiger partial charge is 0.481 e. The molecule has 0 saturated carbocycles. The van der Waals surface area contributed by atoms with Crippen LogP contribution in [0.15, 0.2) is 29.5 Å². The maximum Gasteiger partial charge on any atom is 0.307 e. The summed E-state index contributed by atoms with van der Waals surface area (Å²) < 4.78 is 6.92. The highest BCUT2D eigenvalue weighted by Crippen LogP contribution is 2.40. The Balaban J connectivity index is 2.78. The fraction of sp³-hybridized carbons (Fsp3) is 0.750. The molecule has 5 heteroatoms. The van der Waals surface area contributed by atoms with Crippen LogP contribution >= 0.6 is 0 Å². The first-order chi connectivity index (χ1) is 15.4. The highest BCUT2D eigenvalue weighted by Gasteiger charge is 2.40. The quantitative estimate of drug-likeness (QED) is 0.113. The van der Waals surface area contributed by atoms with Crippen LogP contribution in [0.25, 0.3) is 0 Å². The standard InChI is InChI=1S/C28H48O4Si/c1-8-9-12-15-22(2)26(32-33(6,7)28(3,4)5)21-19-23-18-20-25(29)24(23)16-13-10-11-14-17-27(30)31/h10,14,18,22,24,26H,8-9,12-13,15-17,19-21H2,1-7H3,(H,30,31)/t11?,22?,24-,26+/m1/s1. The number of unbranched alkanes of at least 4 members (excludes halogenated alkanes) is 2. The SMILES string of the molecule is CCCCCC(C)[C@H](CCC1=CCC(=O)[C@@H]1CCC=C=CCC(=O)O)O[Si](C)(C)C(C)(C)C. The van der Waals surface area contributed by atoms with Crippen molar-refractivity contribution in [1.29, 1.82) is 0 Å². The molecule has 4 nitrogen and oxygen atoms in total. The Bertz CT molecular complexity index is 723. The van der Waals surface area contributed by atoms with Gasteiger partial charge in [0.2, 0.25) is 0 Å². The number of carbonyl (C=O) groups is 2. The van der Waals surface area contributed by atoms with Gasteiger partial charge >= 0.3 is 5.97 Å². The lowest BCUT2D eigenvalue weighted by Crippen LogP contribution is -2.45. The van der Waals surface area contributed by atoms with Gasteiger partial charge in [0.05, 0.1) is 6.42 Å². The number of rotatable bonds is 15. The number of ketones is 1. The Morgan fingerprint density at radius 3 is 2.58 bits per heavy atom. The van der Waals surface area contributed by atoms with Crippen molar-refractivity contribution in [2.45, 2.75) is 123 Å². The predicted octanol–water partition coefficient (Wildman–Crippen LogP) is 7.86. The van der Waals surface area contributed by atoms with Crippen molar-refractivity contribution < 1.29 is 19.1 Å². The summed E-state index contributed by atoms with van der Waals surface area (Å²) in [7, 11) is -1.87. The van der Waals surface area contributed by atoms with E-state index in [1.54, 1.807) is 0 Å². The number of aliphatic carboxylic acids is 1. The van der Waals surface area contributed by atoms with Crippen LogP contribution in [0.1, 0.15) is 98.8 Å². The third-order valence-electron chi connectivity index (χ3n) is 7.38. The first kappa shape index (κ1) is 29.6. The lowest BCUT2D eigenvalue weighted by atomic mass is 9.88. The molecule has 0 heterocycles. The van der Waals surface area contributed by atoms with E-state index in [0.717, 1.165) is 25.7 Å². The number of carbonyl (C=O) groups excluding carboxylic acids is 1. The average molecular weight is 477 g/mol. The molecule has 0 aromatic carbocycles. The number of Topliss-reactive ketones (excluding diaryl/α,β-unsaturated/α-hetero) is 1. The highest BCUT2D eigenvalue weighted by atomic mass is 28.4. The van der Waals surface area contributed by atoms with E-state index in [1.165, 1.54) is 37.3 Å². The Morgan fingerprint density at radius 1 is 1.27 bits per heavy atom. The molecule has 0 radical (unpaired) electrons. The van der Waals surface area contributed by atoms with Crippen molar-refractivity contribution in [2.75, 3.05) is 0 Å². The van der Waals surface area contributed by atoms with Gasteiger partial charge in [-0.15, -0.1) is 5.73 Å². The summed E-state index contributed by atoms with van der Waals surface area (Å²) in [4.78, 5) is 23.1. The lowest BCUT2D eigenvalue weighted by Gasteiger charge is -2.41. The first-order valence-electron chi connectivity index (χ1n) is 12.9. The number of allylic oxidation sites excluding steroid dienone is 2. The molecule has 0 bridgehead atoms. The molecule has 0 saturated heterocycles. The van der Waals surface area contributed by atoms with Crippen molar-refractivity contribution in [3.8, 4) is 0 Å². The van der Waals surface area contributed by atoms with Crippen LogP contribution in [-0.4, -0.2) is 31.3 Å². The van der Waals surface area contributed by atoms with Gasteiger partial charge in [-0.1, -0.05) is 65.5 Å². The average Bonchev–Trinajstić information content (AvgIpc) is 3.06. The van der Waals surface area contributed by atoms with E-state index in [0.29, 0.717) is 18.1 Å². The van der Waals surface area contributed by atoms with Crippen LogP contribution in [0, 0.1) is 11.8 Å². The van der Waals surface area contributed by atoms with E-state index in [2.05, 4.69) is 59.5 Å². The van der Waals surface area contributed by atoms with E-state index < -0.39 is 14.3 Å². The monoisotopic (exact) mass is 476 g/mol. The summed E-state index contributed by atoms with van der Waals surface area (Å²) in [5.41, 5.74) is 4.19. The Labute approximate surface area is 203 Å². The molecule has 0 fully saturated rings. The van der Waals surface area contributed by atoms with E-state index in [9.17, 15) is 9.59 Å². The molecule has 1 aliphatic carbocycles. The summed E-state index contributed by atoms with van der Waals surface area (Å²) in [6.07, 6.45) is 14.6. The number of carboxylic acid groups (broad SMARTS) is 1. The van der Waals surface area contributed by atoms with E-state index in [-0.39, 0.29) is 23.5 Å². The van der Waals surface area contributed by atoms with Crippen molar-refractivity contribution in [1.82, 2.24) is 0 Å². The maximum absolute atomic E-state index is 12.5. The molecule has 33 heavy (non-hydrogen) atoms. The molecule has 0 amide bonds. The fourth-order valence-corrected chi connectivity index (χ4v) is 5.60. The van der Waals surface area contributed by atoms with Crippen LogP contribution in [0.4, 0.5) is 0 Å². The first-order valence-corrected chi connectivity index (χ1v) is 15.8. The van der Waals surface area contributed by atoms with Gasteiger partial charge in [0.1, 0.15) is 5.78 Å². The molecule has 188 valence electrons. The molecule has 0 aromatic heterocycles. The van der Waals surface area contributed by atoms with Crippen LogP contribution < -0.4 is 0 Å². The second-order valence-corrected chi connectivity index (χ2v) is 15.9. The van der Waals surface area contributed by atoms with Crippen LogP contribution in [0.5, 0.6) is 0 Å².